The second-order valence-corrected chi connectivity index (χ2v) is 7.16. The number of carbonyl (C=O) groups excluding carboxylic acids is 1. The monoisotopic (exact) mass is 443 g/mol. The maximum atomic E-state index is 13.2. The lowest BCUT2D eigenvalue weighted by Gasteiger charge is -2.09. The minimum atomic E-state index is -0.626. The SMILES string of the molecule is Cc1nn(-c2ccc(F)cc2)c(Cl)c1C(=O)NC(C)c1nc(-c2ccc(F)cc2)no1. The molecule has 1 unspecified atom stereocenters. The Balaban J connectivity index is 1.53. The van der Waals surface area contributed by atoms with Gasteiger partial charge < -0.3 is 9.84 Å². The summed E-state index contributed by atoms with van der Waals surface area (Å²) < 4.78 is 32.9. The van der Waals surface area contributed by atoms with Crippen molar-refractivity contribution in [3.8, 4) is 17.1 Å². The number of hydrogen-bond acceptors (Lipinski definition) is 5. The van der Waals surface area contributed by atoms with Crippen LogP contribution in [0.4, 0.5) is 8.78 Å². The smallest absolute Gasteiger partial charge is 0.256 e. The molecule has 4 aromatic rings. The van der Waals surface area contributed by atoms with Gasteiger partial charge in [-0.15, -0.1) is 0 Å². The molecule has 1 amide bonds. The molecule has 31 heavy (non-hydrogen) atoms. The number of nitrogens with zero attached hydrogens (tertiary/aromatic N) is 4. The lowest BCUT2D eigenvalue weighted by molar-refractivity contribution is 0.0932. The van der Waals surface area contributed by atoms with Crippen LogP contribution < -0.4 is 5.32 Å². The molecule has 0 fully saturated rings. The first-order chi connectivity index (χ1) is 14.8. The van der Waals surface area contributed by atoms with Gasteiger partial charge in [-0.2, -0.15) is 10.1 Å². The fourth-order valence-corrected chi connectivity index (χ4v) is 3.33. The minimum absolute atomic E-state index is 0.0892. The molecule has 1 N–H and O–H groups in total. The van der Waals surface area contributed by atoms with Gasteiger partial charge in [-0.1, -0.05) is 16.8 Å². The topological polar surface area (TPSA) is 85.8 Å². The Morgan fingerprint density at radius 2 is 1.71 bits per heavy atom. The van der Waals surface area contributed by atoms with E-state index in [9.17, 15) is 13.6 Å². The lowest BCUT2D eigenvalue weighted by atomic mass is 10.2. The summed E-state index contributed by atoms with van der Waals surface area (Å²) >= 11 is 6.39. The van der Waals surface area contributed by atoms with Crippen LogP contribution in [0.3, 0.4) is 0 Å². The number of nitrogens with one attached hydrogen (secondary N) is 1. The molecule has 7 nitrogen and oxygen atoms in total. The van der Waals surface area contributed by atoms with E-state index in [1.54, 1.807) is 13.8 Å². The van der Waals surface area contributed by atoms with E-state index in [0.29, 0.717) is 16.9 Å². The van der Waals surface area contributed by atoms with Gasteiger partial charge in [-0.25, -0.2) is 13.5 Å². The van der Waals surface area contributed by atoms with Gasteiger partial charge in [0.2, 0.25) is 11.7 Å². The third-order valence-electron chi connectivity index (χ3n) is 4.56. The predicted octanol–water partition coefficient (Wildman–Crippen LogP) is 4.65. The van der Waals surface area contributed by atoms with Crippen LogP contribution in [-0.4, -0.2) is 25.8 Å². The highest BCUT2D eigenvalue weighted by atomic mass is 35.5. The zero-order chi connectivity index (χ0) is 22.1. The van der Waals surface area contributed by atoms with Crippen LogP contribution in [0.2, 0.25) is 5.15 Å². The van der Waals surface area contributed by atoms with Crippen molar-refractivity contribution in [3.63, 3.8) is 0 Å². The van der Waals surface area contributed by atoms with E-state index in [4.69, 9.17) is 16.1 Å². The summed E-state index contributed by atoms with van der Waals surface area (Å²) in [6, 6.07) is 10.6. The molecule has 0 saturated heterocycles. The van der Waals surface area contributed by atoms with Gasteiger partial charge in [-0.05, 0) is 62.4 Å². The molecule has 0 aliphatic heterocycles. The zero-order valence-corrected chi connectivity index (χ0v) is 17.2. The molecular formula is C21H16ClF2N5O2. The normalized spacial score (nSPS) is 12.0. The summed E-state index contributed by atoms with van der Waals surface area (Å²) in [5.41, 5.74) is 1.67. The Labute approximate surface area is 180 Å². The maximum Gasteiger partial charge on any atom is 0.256 e. The molecule has 4 rings (SSSR count). The van der Waals surface area contributed by atoms with Gasteiger partial charge in [0.1, 0.15) is 22.8 Å². The van der Waals surface area contributed by atoms with Gasteiger partial charge in [0, 0.05) is 5.56 Å². The quantitative estimate of drug-likeness (QED) is 0.485. The van der Waals surface area contributed by atoms with Crippen LogP contribution in [-0.2, 0) is 0 Å². The summed E-state index contributed by atoms with van der Waals surface area (Å²) in [5, 5.41) is 11.0. The third-order valence-corrected chi connectivity index (χ3v) is 4.91. The Hall–Kier alpha value is -3.59. The van der Waals surface area contributed by atoms with E-state index in [0.717, 1.165) is 0 Å². The van der Waals surface area contributed by atoms with Crippen molar-refractivity contribution in [1.82, 2.24) is 25.2 Å². The molecule has 0 spiro atoms. The molecule has 0 saturated carbocycles. The van der Waals surface area contributed by atoms with Gasteiger partial charge in [-0.3, -0.25) is 4.79 Å². The molecule has 2 heterocycles. The van der Waals surface area contributed by atoms with Crippen LogP contribution in [0.15, 0.2) is 53.1 Å². The Kier molecular flexibility index (Phi) is 5.51. The average Bonchev–Trinajstić information content (AvgIpc) is 3.34. The minimum Gasteiger partial charge on any atom is -0.340 e. The standard InChI is InChI=1S/C21H16ClF2N5O2/c1-11-17(18(22)29(27-11)16-9-7-15(24)8-10-16)20(30)25-12(2)21-26-19(28-31-21)13-3-5-14(23)6-4-13/h3-10,12H,1-2H3,(H,25,30). The molecule has 10 heteroatoms. The fraction of sp³-hybridized carbons (Fsp3) is 0.143. The Bertz CT molecular complexity index is 1240. The molecule has 1 atom stereocenters. The van der Waals surface area contributed by atoms with E-state index in [1.165, 1.54) is 53.2 Å². The van der Waals surface area contributed by atoms with Crippen LogP contribution in [0.1, 0.15) is 34.9 Å². The molecule has 2 aromatic carbocycles. The number of amides is 1. The van der Waals surface area contributed by atoms with Gasteiger partial charge in [0.05, 0.1) is 16.9 Å². The van der Waals surface area contributed by atoms with Crippen molar-refractivity contribution >= 4 is 17.5 Å². The first-order valence-electron chi connectivity index (χ1n) is 9.25. The van der Waals surface area contributed by atoms with Crippen molar-refractivity contribution in [1.29, 1.82) is 0 Å². The average molecular weight is 444 g/mol. The molecule has 158 valence electrons. The molecule has 0 aliphatic rings. The summed E-state index contributed by atoms with van der Waals surface area (Å²) in [6.45, 7) is 3.32. The second kappa shape index (κ2) is 8.27. The summed E-state index contributed by atoms with van der Waals surface area (Å²) in [4.78, 5) is 17.1. The first-order valence-corrected chi connectivity index (χ1v) is 9.62. The molecular weight excluding hydrogens is 428 g/mol. The Morgan fingerprint density at radius 3 is 2.35 bits per heavy atom. The largest absolute Gasteiger partial charge is 0.340 e. The zero-order valence-electron chi connectivity index (χ0n) is 16.4. The highest BCUT2D eigenvalue weighted by molar-refractivity contribution is 6.33. The van der Waals surface area contributed by atoms with Gasteiger partial charge >= 0.3 is 0 Å². The second-order valence-electron chi connectivity index (χ2n) is 6.80. The van der Waals surface area contributed by atoms with Crippen molar-refractivity contribution in [2.24, 2.45) is 0 Å². The summed E-state index contributed by atoms with van der Waals surface area (Å²) in [7, 11) is 0. The number of rotatable bonds is 5. The van der Waals surface area contributed by atoms with Crippen molar-refractivity contribution in [3.05, 3.63) is 82.5 Å². The number of aryl methyl sites for hydroxylation is 1. The lowest BCUT2D eigenvalue weighted by Crippen LogP contribution is -2.27. The number of carbonyl (C=O) groups is 1. The van der Waals surface area contributed by atoms with Crippen LogP contribution in [0.5, 0.6) is 0 Å². The predicted molar refractivity (Wildman–Crippen MR) is 109 cm³/mol. The van der Waals surface area contributed by atoms with Crippen LogP contribution in [0, 0.1) is 18.6 Å². The van der Waals surface area contributed by atoms with Crippen molar-refractivity contribution in [2.45, 2.75) is 19.9 Å². The number of halogens is 3. The van der Waals surface area contributed by atoms with Gasteiger partial charge in [0.15, 0.2) is 0 Å². The molecule has 0 bridgehead atoms. The van der Waals surface area contributed by atoms with E-state index < -0.39 is 17.8 Å². The fourth-order valence-electron chi connectivity index (χ4n) is 2.97. The van der Waals surface area contributed by atoms with E-state index in [2.05, 4.69) is 20.6 Å². The van der Waals surface area contributed by atoms with Crippen LogP contribution >= 0.6 is 11.6 Å². The molecule has 0 aliphatic carbocycles. The van der Waals surface area contributed by atoms with Crippen LogP contribution in [0.25, 0.3) is 17.1 Å². The molecule has 0 radical (unpaired) electrons. The number of hydrogen-bond donors (Lipinski definition) is 1. The summed E-state index contributed by atoms with van der Waals surface area (Å²) in [5.74, 6) is -0.802. The first kappa shape index (κ1) is 20.7. The number of benzene rings is 2. The highest BCUT2D eigenvalue weighted by Crippen LogP contribution is 2.25. The molecule has 2 aromatic heterocycles. The number of aromatic nitrogens is 4. The van der Waals surface area contributed by atoms with Crippen molar-refractivity contribution < 1.29 is 18.1 Å². The Morgan fingerprint density at radius 1 is 1.10 bits per heavy atom. The highest BCUT2D eigenvalue weighted by Gasteiger charge is 2.24. The maximum absolute atomic E-state index is 13.2. The van der Waals surface area contributed by atoms with E-state index >= 15 is 0 Å². The summed E-state index contributed by atoms with van der Waals surface area (Å²) in [6.07, 6.45) is 0. The van der Waals surface area contributed by atoms with Crippen molar-refractivity contribution in [2.75, 3.05) is 0 Å². The third kappa shape index (κ3) is 4.17. The van der Waals surface area contributed by atoms with E-state index in [-0.39, 0.29) is 28.2 Å². The van der Waals surface area contributed by atoms with Gasteiger partial charge in [0.25, 0.3) is 5.91 Å². The van der Waals surface area contributed by atoms with E-state index in [1.807, 2.05) is 0 Å².